The van der Waals surface area contributed by atoms with Crippen LogP contribution < -0.4 is 5.32 Å². The average Bonchev–Trinajstić information content (AvgIpc) is 3.28. The maximum Gasteiger partial charge on any atom is 0.282 e. The van der Waals surface area contributed by atoms with Crippen molar-refractivity contribution in [2.45, 2.75) is 0 Å². The molecule has 5 rings (SSSR count). The molecule has 1 amide bonds. The zero-order chi connectivity index (χ0) is 22.8. The number of fused-ring (bicyclic) bond motifs is 1. The van der Waals surface area contributed by atoms with E-state index in [4.69, 9.17) is 0 Å². The van der Waals surface area contributed by atoms with Gasteiger partial charge in [0.05, 0.1) is 10.6 Å². The van der Waals surface area contributed by atoms with Gasteiger partial charge in [0.15, 0.2) is 11.5 Å². The SMILES string of the molecule is O=C(Nc1ccc(-c2ccc3nnc(-c4ccncc4)n3n2)cc1)c1ccccc1[N+](=O)[O-]. The first-order valence-electron chi connectivity index (χ1n) is 9.88. The molecule has 0 aliphatic carbocycles. The van der Waals surface area contributed by atoms with Crippen LogP contribution in [-0.4, -0.2) is 35.6 Å². The molecule has 0 bridgehead atoms. The number of anilines is 1. The number of nitrogens with one attached hydrogen (secondary N) is 1. The van der Waals surface area contributed by atoms with Crippen LogP contribution in [0.3, 0.4) is 0 Å². The minimum atomic E-state index is -0.578. The highest BCUT2D eigenvalue weighted by Gasteiger charge is 2.19. The zero-order valence-corrected chi connectivity index (χ0v) is 17.0. The third kappa shape index (κ3) is 3.88. The molecular formula is C23H15N7O3. The molecule has 0 fully saturated rings. The van der Waals surface area contributed by atoms with E-state index in [1.807, 2.05) is 24.3 Å². The Hall–Kier alpha value is -4.99. The molecule has 0 saturated heterocycles. The Balaban J connectivity index is 1.41. The van der Waals surface area contributed by atoms with Gasteiger partial charge in [-0.15, -0.1) is 10.2 Å². The lowest BCUT2D eigenvalue weighted by molar-refractivity contribution is -0.385. The summed E-state index contributed by atoms with van der Waals surface area (Å²) in [7, 11) is 0. The molecule has 0 saturated carbocycles. The van der Waals surface area contributed by atoms with Gasteiger partial charge in [0.25, 0.3) is 11.6 Å². The van der Waals surface area contributed by atoms with Crippen molar-refractivity contribution in [3.05, 3.63) is 101 Å². The molecule has 0 unspecified atom stereocenters. The number of pyridine rings is 1. The molecule has 0 aliphatic heterocycles. The second-order valence-electron chi connectivity index (χ2n) is 7.05. The molecular weight excluding hydrogens is 422 g/mol. The highest BCUT2D eigenvalue weighted by atomic mass is 16.6. The Morgan fingerprint density at radius 2 is 1.64 bits per heavy atom. The molecule has 1 N–H and O–H groups in total. The van der Waals surface area contributed by atoms with Crippen LogP contribution in [0.5, 0.6) is 0 Å². The van der Waals surface area contributed by atoms with Gasteiger partial charge in [-0.2, -0.15) is 9.61 Å². The molecule has 10 heteroatoms. The van der Waals surface area contributed by atoms with Crippen LogP contribution in [-0.2, 0) is 0 Å². The minimum absolute atomic E-state index is 0.00468. The van der Waals surface area contributed by atoms with E-state index in [0.29, 0.717) is 22.9 Å². The van der Waals surface area contributed by atoms with Gasteiger partial charge in [0.1, 0.15) is 5.56 Å². The van der Waals surface area contributed by atoms with Crippen molar-refractivity contribution in [2.75, 3.05) is 5.32 Å². The van der Waals surface area contributed by atoms with Gasteiger partial charge in [-0.25, -0.2) is 0 Å². The number of para-hydroxylation sites is 1. The monoisotopic (exact) mass is 437 g/mol. The number of amides is 1. The van der Waals surface area contributed by atoms with Crippen molar-refractivity contribution in [2.24, 2.45) is 0 Å². The molecule has 160 valence electrons. The lowest BCUT2D eigenvalue weighted by Gasteiger charge is -2.07. The summed E-state index contributed by atoms with van der Waals surface area (Å²) < 4.78 is 1.66. The largest absolute Gasteiger partial charge is 0.322 e. The normalized spacial score (nSPS) is 10.8. The molecule has 3 aromatic heterocycles. The third-order valence-corrected chi connectivity index (χ3v) is 4.99. The van der Waals surface area contributed by atoms with Crippen LogP contribution in [0.4, 0.5) is 11.4 Å². The number of nitro groups is 1. The maximum atomic E-state index is 12.5. The quantitative estimate of drug-likeness (QED) is 0.325. The van der Waals surface area contributed by atoms with E-state index >= 15 is 0 Å². The fourth-order valence-corrected chi connectivity index (χ4v) is 3.37. The first kappa shape index (κ1) is 19.9. The van der Waals surface area contributed by atoms with Crippen LogP contribution in [0.15, 0.2) is 85.2 Å². The van der Waals surface area contributed by atoms with Crippen molar-refractivity contribution in [3.8, 4) is 22.6 Å². The number of hydrogen-bond donors (Lipinski definition) is 1. The molecule has 2 aromatic carbocycles. The Morgan fingerprint density at radius 3 is 2.39 bits per heavy atom. The molecule has 0 aliphatic rings. The smallest absolute Gasteiger partial charge is 0.282 e. The summed E-state index contributed by atoms with van der Waals surface area (Å²) in [6.07, 6.45) is 3.36. The van der Waals surface area contributed by atoms with Crippen molar-refractivity contribution in [3.63, 3.8) is 0 Å². The van der Waals surface area contributed by atoms with Gasteiger partial charge in [0, 0.05) is 35.3 Å². The van der Waals surface area contributed by atoms with E-state index < -0.39 is 10.8 Å². The summed E-state index contributed by atoms with van der Waals surface area (Å²) in [5, 5.41) is 26.9. The van der Waals surface area contributed by atoms with Gasteiger partial charge in [-0.3, -0.25) is 19.9 Å². The van der Waals surface area contributed by atoms with Crippen molar-refractivity contribution < 1.29 is 9.72 Å². The number of carbonyl (C=O) groups excluding carboxylic acids is 1. The predicted octanol–water partition coefficient (Wildman–Crippen LogP) is 4.01. The number of nitrogens with zero attached hydrogens (tertiary/aromatic N) is 6. The maximum absolute atomic E-state index is 12.5. The van der Waals surface area contributed by atoms with Crippen LogP contribution in [0.1, 0.15) is 10.4 Å². The van der Waals surface area contributed by atoms with Gasteiger partial charge in [0.2, 0.25) is 0 Å². The lowest BCUT2D eigenvalue weighted by Crippen LogP contribution is -2.13. The van der Waals surface area contributed by atoms with Crippen LogP contribution in [0, 0.1) is 10.1 Å². The summed E-state index contributed by atoms with van der Waals surface area (Å²) in [5.74, 6) is 0.0451. The van der Waals surface area contributed by atoms with Crippen LogP contribution >= 0.6 is 0 Å². The highest BCUT2D eigenvalue weighted by molar-refractivity contribution is 6.07. The van der Waals surface area contributed by atoms with E-state index in [-0.39, 0.29) is 11.3 Å². The molecule has 33 heavy (non-hydrogen) atoms. The van der Waals surface area contributed by atoms with Gasteiger partial charge < -0.3 is 5.32 Å². The number of hydrogen-bond acceptors (Lipinski definition) is 7. The number of rotatable bonds is 5. The summed E-state index contributed by atoms with van der Waals surface area (Å²) >= 11 is 0. The predicted molar refractivity (Wildman–Crippen MR) is 120 cm³/mol. The first-order chi connectivity index (χ1) is 16.1. The second kappa shape index (κ2) is 8.27. The van der Waals surface area contributed by atoms with E-state index in [0.717, 1.165) is 11.1 Å². The van der Waals surface area contributed by atoms with E-state index in [1.165, 1.54) is 18.2 Å². The number of carbonyl (C=O) groups is 1. The van der Waals surface area contributed by atoms with Crippen molar-refractivity contribution in [1.82, 2.24) is 24.8 Å². The summed E-state index contributed by atoms with van der Waals surface area (Å²) in [6.45, 7) is 0. The van der Waals surface area contributed by atoms with Crippen LogP contribution in [0.2, 0.25) is 0 Å². The standard InChI is InChI=1S/C23H15N7O3/c31-23(18-3-1-2-4-20(18)30(32)33)25-17-7-5-15(6-8-17)19-9-10-21-26-27-22(29(21)28-19)16-11-13-24-14-12-16/h1-14H,(H,25,31). The number of nitro benzene ring substituents is 1. The molecule has 10 nitrogen and oxygen atoms in total. The Labute approximate surface area is 186 Å². The Bertz CT molecular complexity index is 1480. The Kier molecular flexibility index (Phi) is 5.00. The summed E-state index contributed by atoms with van der Waals surface area (Å²) in [6, 6.07) is 20.2. The minimum Gasteiger partial charge on any atom is -0.322 e. The lowest BCUT2D eigenvalue weighted by atomic mass is 10.1. The summed E-state index contributed by atoms with van der Waals surface area (Å²) in [5.41, 5.74) is 3.21. The molecule has 5 aromatic rings. The molecule has 0 spiro atoms. The first-order valence-corrected chi connectivity index (χ1v) is 9.88. The van der Waals surface area contributed by atoms with Gasteiger partial charge in [-0.1, -0.05) is 24.3 Å². The molecule has 0 atom stereocenters. The van der Waals surface area contributed by atoms with Crippen molar-refractivity contribution >= 4 is 22.9 Å². The fraction of sp³-hybridized carbons (Fsp3) is 0. The van der Waals surface area contributed by atoms with Crippen LogP contribution in [0.25, 0.3) is 28.3 Å². The van der Waals surface area contributed by atoms with E-state index in [2.05, 4.69) is 25.6 Å². The second-order valence-corrected chi connectivity index (χ2v) is 7.05. The number of benzene rings is 2. The van der Waals surface area contributed by atoms with Gasteiger partial charge >= 0.3 is 0 Å². The highest BCUT2D eigenvalue weighted by Crippen LogP contribution is 2.24. The number of aromatic nitrogens is 5. The molecule has 0 radical (unpaired) electrons. The fourth-order valence-electron chi connectivity index (χ4n) is 3.37. The summed E-state index contributed by atoms with van der Waals surface area (Å²) in [4.78, 5) is 27.1. The van der Waals surface area contributed by atoms with Crippen molar-refractivity contribution in [1.29, 1.82) is 0 Å². The van der Waals surface area contributed by atoms with E-state index in [9.17, 15) is 14.9 Å². The third-order valence-electron chi connectivity index (χ3n) is 4.99. The average molecular weight is 437 g/mol. The topological polar surface area (TPSA) is 128 Å². The Morgan fingerprint density at radius 1 is 0.879 bits per heavy atom. The van der Waals surface area contributed by atoms with Gasteiger partial charge in [-0.05, 0) is 42.5 Å². The van der Waals surface area contributed by atoms with E-state index in [1.54, 1.807) is 47.2 Å². The zero-order valence-electron chi connectivity index (χ0n) is 17.0. The molecule has 3 heterocycles.